The van der Waals surface area contributed by atoms with Crippen molar-refractivity contribution in [2.75, 3.05) is 6.61 Å². The molecule has 0 N–H and O–H groups in total. The van der Waals surface area contributed by atoms with Gasteiger partial charge in [0.2, 0.25) is 0 Å². The summed E-state index contributed by atoms with van der Waals surface area (Å²) in [6.45, 7) is 8.31. The molecule has 0 unspecified atom stereocenters. The molecular formula is C9H14O3. The van der Waals surface area contributed by atoms with Gasteiger partial charge in [-0.2, -0.15) is 0 Å². The average molecular weight is 170 g/mol. The van der Waals surface area contributed by atoms with Crippen LogP contribution in [-0.4, -0.2) is 30.7 Å². The van der Waals surface area contributed by atoms with Crippen molar-refractivity contribution < 1.29 is 14.2 Å². The molecule has 0 aromatic carbocycles. The van der Waals surface area contributed by atoms with E-state index in [-0.39, 0.29) is 18.3 Å². The van der Waals surface area contributed by atoms with Crippen LogP contribution in [0.2, 0.25) is 0 Å². The van der Waals surface area contributed by atoms with Gasteiger partial charge in [0.05, 0.1) is 6.61 Å². The predicted octanol–water partition coefficient (Wildman–Crippen LogP) is 1.09. The summed E-state index contributed by atoms with van der Waals surface area (Å²) in [7, 11) is 0. The lowest BCUT2D eigenvalue weighted by Gasteiger charge is -2.15. The topological polar surface area (TPSA) is 31.0 Å². The van der Waals surface area contributed by atoms with Crippen LogP contribution in [0.4, 0.5) is 0 Å². The number of hydrogen-bond acceptors (Lipinski definition) is 3. The zero-order valence-electron chi connectivity index (χ0n) is 7.45. The maximum absolute atomic E-state index is 5.66. The van der Waals surface area contributed by atoms with Crippen molar-refractivity contribution in [2.45, 2.75) is 37.9 Å². The van der Waals surface area contributed by atoms with Crippen LogP contribution in [0.5, 0.6) is 0 Å². The van der Waals surface area contributed by atoms with Gasteiger partial charge < -0.3 is 14.2 Å². The van der Waals surface area contributed by atoms with E-state index < -0.39 is 5.79 Å². The van der Waals surface area contributed by atoms with Gasteiger partial charge in [-0.05, 0) is 13.8 Å². The van der Waals surface area contributed by atoms with Gasteiger partial charge in [0.15, 0.2) is 5.79 Å². The van der Waals surface area contributed by atoms with Crippen LogP contribution in [0.15, 0.2) is 12.7 Å². The average Bonchev–Trinajstić information content (AvgIpc) is 2.76. The van der Waals surface area contributed by atoms with E-state index in [4.69, 9.17) is 14.2 Å². The van der Waals surface area contributed by atoms with Crippen LogP contribution in [0.3, 0.4) is 0 Å². The summed E-state index contributed by atoms with van der Waals surface area (Å²) in [5.74, 6) is -0.491. The monoisotopic (exact) mass is 170 g/mol. The minimum atomic E-state index is -0.491. The summed E-state index contributed by atoms with van der Waals surface area (Å²) in [4.78, 5) is 0. The molecular weight excluding hydrogens is 156 g/mol. The molecule has 0 amide bonds. The zero-order valence-corrected chi connectivity index (χ0v) is 7.45. The molecule has 0 aromatic heterocycles. The lowest BCUT2D eigenvalue weighted by Crippen LogP contribution is -2.26. The van der Waals surface area contributed by atoms with E-state index in [1.165, 1.54) is 0 Å². The number of rotatable bonds is 2. The number of hydrogen-bond donors (Lipinski definition) is 0. The second kappa shape index (κ2) is 2.55. The van der Waals surface area contributed by atoms with Crippen molar-refractivity contribution >= 4 is 0 Å². The fourth-order valence-corrected chi connectivity index (χ4v) is 1.53. The maximum atomic E-state index is 5.66. The van der Waals surface area contributed by atoms with Crippen molar-refractivity contribution in [3.63, 3.8) is 0 Å². The van der Waals surface area contributed by atoms with Gasteiger partial charge in [-0.25, -0.2) is 0 Å². The van der Waals surface area contributed by atoms with E-state index >= 15 is 0 Å². The summed E-state index contributed by atoms with van der Waals surface area (Å²) in [6.07, 6.45) is 2.01. The SMILES string of the molecule is C=C[C@@H]1OC(C)(C)O[C@@H]1[C@@H]1CO1. The molecule has 0 spiro atoms. The van der Waals surface area contributed by atoms with Crippen molar-refractivity contribution in [2.24, 2.45) is 0 Å². The Morgan fingerprint density at radius 1 is 1.42 bits per heavy atom. The Morgan fingerprint density at radius 3 is 2.58 bits per heavy atom. The Labute approximate surface area is 72.3 Å². The van der Waals surface area contributed by atoms with Gasteiger partial charge in [-0.15, -0.1) is 6.58 Å². The van der Waals surface area contributed by atoms with Crippen molar-refractivity contribution in [1.82, 2.24) is 0 Å². The smallest absolute Gasteiger partial charge is 0.164 e. The van der Waals surface area contributed by atoms with Gasteiger partial charge in [0, 0.05) is 0 Å². The first kappa shape index (κ1) is 8.23. The minimum absolute atomic E-state index is 0.0208. The van der Waals surface area contributed by atoms with Crippen molar-refractivity contribution in [3.05, 3.63) is 12.7 Å². The van der Waals surface area contributed by atoms with E-state index in [9.17, 15) is 0 Å². The van der Waals surface area contributed by atoms with Crippen LogP contribution < -0.4 is 0 Å². The first-order valence-electron chi connectivity index (χ1n) is 4.22. The molecule has 3 nitrogen and oxygen atoms in total. The highest BCUT2D eigenvalue weighted by atomic mass is 16.8. The fourth-order valence-electron chi connectivity index (χ4n) is 1.53. The van der Waals surface area contributed by atoms with Gasteiger partial charge in [0.25, 0.3) is 0 Å². The van der Waals surface area contributed by atoms with Crippen LogP contribution in [0, 0.1) is 0 Å². The fraction of sp³-hybridized carbons (Fsp3) is 0.778. The standard InChI is InChI=1S/C9H14O3/c1-4-6-8(7-5-10-7)12-9(2,3)11-6/h4,6-8H,1,5H2,2-3H3/t6-,7-,8-/m0/s1. The Balaban J connectivity index is 2.07. The van der Waals surface area contributed by atoms with E-state index in [1.54, 1.807) is 6.08 Å². The van der Waals surface area contributed by atoms with Gasteiger partial charge >= 0.3 is 0 Å². The molecule has 12 heavy (non-hydrogen) atoms. The number of epoxide rings is 1. The molecule has 0 saturated carbocycles. The highest BCUT2D eigenvalue weighted by Crippen LogP contribution is 2.34. The molecule has 0 aromatic rings. The molecule has 2 aliphatic heterocycles. The van der Waals surface area contributed by atoms with E-state index in [2.05, 4.69) is 6.58 Å². The molecule has 0 bridgehead atoms. The molecule has 0 aliphatic carbocycles. The highest BCUT2D eigenvalue weighted by Gasteiger charge is 2.48. The van der Waals surface area contributed by atoms with Crippen molar-refractivity contribution in [3.8, 4) is 0 Å². The Kier molecular flexibility index (Phi) is 1.75. The van der Waals surface area contributed by atoms with Crippen LogP contribution in [0.1, 0.15) is 13.8 Å². The van der Waals surface area contributed by atoms with Crippen LogP contribution in [-0.2, 0) is 14.2 Å². The molecule has 0 radical (unpaired) electrons. The van der Waals surface area contributed by atoms with Crippen molar-refractivity contribution in [1.29, 1.82) is 0 Å². The lowest BCUT2D eigenvalue weighted by molar-refractivity contribution is -0.144. The van der Waals surface area contributed by atoms with E-state index in [1.807, 2.05) is 13.8 Å². The second-order valence-electron chi connectivity index (χ2n) is 3.67. The summed E-state index contributed by atoms with van der Waals surface area (Å²) < 4.78 is 16.4. The third-order valence-electron chi connectivity index (χ3n) is 2.12. The molecule has 2 aliphatic rings. The quantitative estimate of drug-likeness (QED) is 0.459. The highest BCUT2D eigenvalue weighted by molar-refractivity contribution is 4.99. The third kappa shape index (κ3) is 1.40. The molecule has 68 valence electrons. The van der Waals surface area contributed by atoms with E-state index in [0.29, 0.717) is 0 Å². The first-order chi connectivity index (χ1) is 5.62. The first-order valence-corrected chi connectivity index (χ1v) is 4.22. The Morgan fingerprint density at radius 2 is 2.08 bits per heavy atom. The van der Waals surface area contributed by atoms with Gasteiger partial charge in [0.1, 0.15) is 18.3 Å². The number of ether oxygens (including phenoxy) is 3. The Bertz CT molecular complexity index is 196. The lowest BCUT2D eigenvalue weighted by atomic mass is 10.1. The second-order valence-corrected chi connectivity index (χ2v) is 3.67. The van der Waals surface area contributed by atoms with Crippen LogP contribution >= 0.6 is 0 Å². The van der Waals surface area contributed by atoms with E-state index in [0.717, 1.165) is 6.61 Å². The summed E-state index contributed by atoms with van der Waals surface area (Å²) in [5.41, 5.74) is 0. The molecule has 3 atom stereocenters. The molecule has 2 fully saturated rings. The molecule has 3 heteroatoms. The molecule has 2 heterocycles. The van der Waals surface area contributed by atoms with Crippen LogP contribution in [0.25, 0.3) is 0 Å². The minimum Gasteiger partial charge on any atom is -0.370 e. The summed E-state index contributed by atoms with van der Waals surface area (Å²) in [6, 6.07) is 0. The van der Waals surface area contributed by atoms with Gasteiger partial charge in [-0.1, -0.05) is 6.08 Å². The summed E-state index contributed by atoms with van der Waals surface area (Å²) >= 11 is 0. The normalized spacial score (nSPS) is 44.3. The molecule has 2 saturated heterocycles. The third-order valence-corrected chi connectivity index (χ3v) is 2.12. The predicted molar refractivity (Wildman–Crippen MR) is 43.8 cm³/mol. The zero-order chi connectivity index (χ0) is 8.77. The summed E-state index contributed by atoms with van der Waals surface area (Å²) in [5, 5.41) is 0. The maximum Gasteiger partial charge on any atom is 0.164 e. The van der Waals surface area contributed by atoms with Gasteiger partial charge in [-0.3, -0.25) is 0 Å². The molecule has 2 rings (SSSR count). The Hall–Kier alpha value is -0.380. The largest absolute Gasteiger partial charge is 0.370 e.